The maximum atomic E-state index is 11.2. The van der Waals surface area contributed by atoms with Gasteiger partial charge in [-0.2, -0.15) is 19.2 Å². The number of nitrogens with zero attached hydrogens (tertiary/aromatic N) is 2. The SMILES string of the molecule is CC(C)(C)/C=C/[N+](=O)[O-].CCC(CC)OCC=O.CCC(CC)O[C@H](C=O)[C@@H](C[N+](=O)[O-])C(C)(C)C.C[Si](C)(C)OC(c1ccccc1)(c1ccccc1)[C@H]1CCCN1.O=C=O.O=C=O. The molecule has 0 aliphatic carbocycles. The lowest BCUT2D eigenvalue weighted by Crippen LogP contribution is -2.53. The van der Waals surface area contributed by atoms with Gasteiger partial charge in [0.15, 0.2) is 8.32 Å². The zero-order valence-electron chi connectivity index (χ0n) is 41.0. The van der Waals surface area contributed by atoms with Crippen LogP contribution < -0.4 is 5.32 Å². The molecule has 1 N–H and O–H groups in total. The third-order valence-corrected chi connectivity index (χ3v) is 10.6. The van der Waals surface area contributed by atoms with Gasteiger partial charge in [-0.05, 0) is 92.7 Å². The molecule has 0 radical (unpaired) electrons. The van der Waals surface area contributed by atoms with Gasteiger partial charge in [0.25, 0.3) is 0 Å². The Labute approximate surface area is 388 Å². The molecule has 0 bridgehead atoms. The zero-order chi connectivity index (χ0) is 50.7. The summed E-state index contributed by atoms with van der Waals surface area (Å²) in [5, 5.41) is 24.2. The Hall–Kier alpha value is -4.86. The molecule has 0 aromatic heterocycles. The third-order valence-electron chi connectivity index (χ3n) is 9.68. The van der Waals surface area contributed by atoms with Crippen molar-refractivity contribution < 1.29 is 52.5 Å². The predicted octanol–water partition coefficient (Wildman–Crippen LogP) is 9.28. The summed E-state index contributed by atoms with van der Waals surface area (Å²) < 4.78 is 17.8. The average Bonchev–Trinajstić information content (AvgIpc) is 3.79. The minimum atomic E-state index is -1.77. The smallest absolute Gasteiger partial charge is 0.373 e. The van der Waals surface area contributed by atoms with Crippen LogP contribution in [0.25, 0.3) is 0 Å². The maximum absolute atomic E-state index is 11.2. The standard InChI is InChI=1S/C20H27NOSi.C13H25NO4.C7H14O2.C6H11NO2.2CO2/c1-23(2,3)22-20(19-15-10-16-21-19,17-11-6-4-7-12-17)18-13-8-5-9-14-18;1-6-10(7-2)18-12(9-15)11(8-14(16)17)13(3,4)5;1-3-7(4-2)9-6-5-8;1-6(2,3)4-5-7(8)9;2*2-1-3/h4-9,11-14,19,21H,10,15-16H2,1-3H3;9-12H,6-8H2,1-5H3;5,7H,3-4,6H2,1-2H3;4-5H,1-3H3;;/b;;;5-4+;;/t19-;11-,12-;;;;/m11..../s1. The first kappa shape index (κ1) is 64.4. The monoisotopic (exact) mass is 932 g/mol. The van der Waals surface area contributed by atoms with Crippen molar-refractivity contribution in [1.29, 1.82) is 0 Å². The van der Waals surface area contributed by atoms with Crippen LogP contribution in [0.2, 0.25) is 19.6 Å². The Bertz CT molecular complexity index is 1610. The van der Waals surface area contributed by atoms with Gasteiger partial charge < -0.3 is 28.8 Å². The number of nitro groups is 2. The van der Waals surface area contributed by atoms with Crippen LogP contribution in [0.3, 0.4) is 0 Å². The second-order valence-electron chi connectivity index (χ2n) is 18.1. The molecule has 1 heterocycles. The Morgan fingerprint density at radius 1 is 0.785 bits per heavy atom. The Kier molecular flexibility index (Phi) is 35.1. The van der Waals surface area contributed by atoms with E-state index in [0.717, 1.165) is 51.1 Å². The van der Waals surface area contributed by atoms with Crippen molar-refractivity contribution >= 4 is 33.2 Å². The van der Waals surface area contributed by atoms with Gasteiger partial charge in [-0.3, -0.25) is 20.2 Å². The molecular weight excluding hydrogens is 855 g/mol. The highest BCUT2D eigenvalue weighted by Crippen LogP contribution is 2.42. The van der Waals surface area contributed by atoms with E-state index >= 15 is 0 Å². The third kappa shape index (κ3) is 30.1. The number of carbonyl (C=O) groups is 2. The van der Waals surface area contributed by atoms with E-state index in [1.807, 2.05) is 55.4 Å². The van der Waals surface area contributed by atoms with Crippen molar-refractivity contribution in [3.63, 3.8) is 0 Å². The van der Waals surface area contributed by atoms with Crippen molar-refractivity contribution in [1.82, 2.24) is 5.32 Å². The van der Waals surface area contributed by atoms with Gasteiger partial charge in [-0.15, -0.1) is 0 Å². The second kappa shape index (κ2) is 35.4. The lowest BCUT2D eigenvalue weighted by molar-refractivity contribution is -0.494. The molecule has 2 aromatic carbocycles. The fourth-order valence-electron chi connectivity index (χ4n) is 6.58. The minimum Gasteiger partial charge on any atom is -0.403 e. The van der Waals surface area contributed by atoms with Crippen molar-refractivity contribution in [2.75, 3.05) is 19.7 Å². The number of benzene rings is 2. The van der Waals surface area contributed by atoms with E-state index in [0.29, 0.717) is 12.3 Å². The number of carbonyl (C=O) groups excluding carboxylic acids is 6. The molecular formula is C48H77N3O13Si. The summed E-state index contributed by atoms with van der Waals surface area (Å²) >= 11 is 0. The Morgan fingerprint density at radius 2 is 1.23 bits per heavy atom. The molecule has 1 aliphatic rings. The van der Waals surface area contributed by atoms with Gasteiger partial charge in [-0.1, -0.05) is 130 Å². The molecule has 0 saturated carbocycles. The van der Waals surface area contributed by atoms with Gasteiger partial charge >= 0.3 is 12.3 Å². The topological polar surface area (TPSA) is 228 Å². The van der Waals surface area contributed by atoms with Crippen LogP contribution in [0.4, 0.5) is 0 Å². The maximum Gasteiger partial charge on any atom is 0.373 e. The molecule has 0 amide bonds. The van der Waals surface area contributed by atoms with E-state index in [2.05, 4.69) is 99.5 Å². The summed E-state index contributed by atoms with van der Waals surface area (Å²) in [5.41, 5.74) is 1.68. The summed E-state index contributed by atoms with van der Waals surface area (Å²) in [6.45, 7) is 27.4. The quantitative estimate of drug-likeness (QED) is 0.0599. The molecule has 1 saturated heterocycles. The lowest BCUT2D eigenvalue weighted by atomic mass is 9.77. The molecule has 2 aromatic rings. The highest BCUT2D eigenvalue weighted by Gasteiger charge is 2.47. The van der Waals surface area contributed by atoms with Crippen LogP contribution in [-0.4, -0.2) is 87.1 Å². The minimum absolute atomic E-state index is 0.0168. The molecule has 65 heavy (non-hydrogen) atoms. The number of hydrogen-bond acceptors (Lipinski definition) is 14. The summed E-state index contributed by atoms with van der Waals surface area (Å²) in [5.74, 6) is -0.411. The van der Waals surface area contributed by atoms with Crippen LogP contribution in [0.5, 0.6) is 0 Å². The van der Waals surface area contributed by atoms with Crippen molar-refractivity contribution in [3.05, 3.63) is 104 Å². The van der Waals surface area contributed by atoms with Gasteiger partial charge in [0.05, 0.1) is 23.0 Å². The number of allylic oxidation sites excluding steroid dienone is 1. The molecule has 366 valence electrons. The molecule has 0 unspecified atom stereocenters. The molecule has 1 aliphatic heterocycles. The first-order chi connectivity index (χ1) is 30.4. The second-order valence-corrected chi connectivity index (χ2v) is 22.5. The Balaban J connectivity index is -0.000000810. The summed E-state index contributed by atoms with van der Waals surface area (Å²) in [4.78, 5) is 73.2. The van der Waals surface area contributed by atoms with E-state index in [9.17, 15) is 29.8 Å². The first-order valence-corrected chi connectivity index (χ1v) is 25.4. The predicted molar refractivity (Wildman–Crippen MR) is 251 cm³/mol. The molecule has 16 nitrogen and oxygen atoms in total. The number of ether oxygens (including phenoxy) is 2. The highest BCUT2D eigenvalue weighted by molar-refractivity contribution is 6.69. The van der Waals surface area contributed by atoms with Gasteiger partial charge in [-0.25, -0.2) is 0 Å². The number of hydrogen-bond donors (Lipinski definition) is 1. The lowest BCUT2D eigenvalue weighted by Gasteiger charge is -2.44. The van der Waals surface area contributed by atoms with Gasteiger partial charge in [0, 0.05) is 11.0 Å². The summed E-state index contributed by atoms with van der Waals surface area (Å²) in [6, 6.07) is 21.8. The molecule has 3 rings (SSSR count). The van der Waals surface area contributed by atoms with Crippen LogP contribution in [-0.2, 0) is 48.3 Å². The number of aldehydes is 2. The van der Waals surface area contributed by atoms with E-state index in [4.69, 9.17) is 33.1 Å². The molecule has 1 fully saturated rings. The summed E-state index contributed by atoms with van der Waals surface area (Å²) in [7, 11) is -1.77. The molecule has 3 atom stereocenters. The normalized spacial score (nSPS) is 14.4. The van der Waals surface area contributed by atoms with Crippen molar-refractivity contribution in [3.8, 4) is 0 Å². The summed E-state index contributed by atoms with van der Waals surface area (Å²) in [6.07, 6.45) is 10.0. The highest BCUT2D eigenvalue weighted by atomic mass is 28.4. The van der Waals surface area contributed by atoms with Crippen molar-refractivity contribution in [2.24, 2.45) is 16.7 Å². The van der Waals surface area contributed by atoms with Crippen molar-refractivity contribution in [2.45, 2.75) is 157 Å². The first-order valence-electron chi connectivity index (χ1n) is 22.0. The van der Waals surface area contributed by atoms with E-state index in [1.54, 1.807) is 6.08 Å². The number of rotatable bonds is 19. The largest absolute Gasteiger partial charge is 0.403 e. The van der Waals surface area contributed by atoms with E-state index in [-0.39, 0.29) is 53.4 Å². The van der Waals surface area contributed by atoms with Crippen LogP contribution >= 0.6 is 0 Å². The van der Waals surface area contributed by atoms with Crippen LogP contribution in [0.15, 0.2) is 72.9 Å². The van der Waals surface area contributed by atoms with Gasteiger partial charge in [0.2, 0.25) is 12.7 Å². The van der Waals surface area contributed by atoms with Crippen LogP contribution in [0.1, 0.15) is 119 Å². The zero-order valence-corrected chi connectivity index (χ0v) is 42.0. The Morgan fingerprint density at radius 3 is 1.51 bits per heavy atom. The van der Waals surface area contributed by atoms with Gasteiger partial charge in [0.1, 0.15) is 30.9 Å². The molecule has 0 spiro atoms. The average molecular weight is 932 g/mol. The van der Waals surface area contributed by atoms with Crippen LogP contribution in [0, 0.1) is 37.0 Å². The number of nitrogens with one attached hydrogen (secondary N) is 1. The van der Waals surface area contributed by atoms with E-state index < -0.39 is 30.9 Å². The van der Waals surface area contributed by atoms with E-state index in [1.165, 1.54) is 17.5 Å². The fourth-order valence-corrected chi connectivity index (χ4v) is 7.93. The fraction of sp³-hybridized carbons (Fsp3) is 0.625. The molecule has 17 heteroatoms.